The van der Waals surface area contributed by atoms with E-state index in [1.807, 2.05) is 36.4 Å². The molecule has 2 heterocycles. The lowest BCUT2D eigenvalue weighted by Crippen LogP contribution is -2.39. The van der Waals surface area contributed by atoms with Crippen LogP contribution in [0, 0.1) is 3.57 Å². The van der Waals surface area contributed by atoms with Gasteiger partial charge in [0.1, 0.15) is 5.75 Å². The van der Waals surface area contributed by atoms with Gasteiger partial charge in [0.15, 0.2) is 16.3 Å². The molecule has 0 bridgehead atoms. The number of ether oxygens (including phenoxy) is 4. The summed E-state index contributed by atoms with van der Waals surface area (Å²) in [6.45, 7) is 3.71. The fraction of sp³-hybridized carbons (Fsp3) is 0.269. The highest BCUT2D eigenvalue weighted by molar-refractivity contribution is 14.1. The number of carbonyl (C=O) groups is 1. The van der Waals surface area contributed by atoms with Crippen LogP contribution in [0.15, 0.2) is 57.5 Å². The number of allylic oxidation sites excluding steroid dienone is 1. The maximum absolute atomic E-state index is 13.8. The number of esters is 1. The number of halogens is 1. The van der Waals surface area contributed by atoms with Gasteiger partial charge in [0.25, 0.3) is 5.56 Å². The predicted molar refractivity (Wildman–Crippen MR) is 146 cm³/mol. The third kappa shape index (κ3) is 4.79. The quantitative estimate of drug-likeness (QED) is 0.297. The topological polar surface area (TPSA) is 88.4 Å². The van der Waals surface area contributed by atoms with Crippen LogP contribution >= 0.6 is 33.9 Å². The van der Waals surface area contributed by atoms with Crippen molar-refractivity contribution in [2.45, 2.75) is 19.9 Å². The lowest BCUT2D eigenvalue weighted by Gasteiger charge is -2.25. The van der Waals surface area contributed by atoms with Gasteiger partial charge in [-0.05, 0) is 77.9 Å². The molecule has 3 aromatic rings. The average Bonchev–Trinajstić information content (AvgIpc) is 3.16. The van der Waals surface area contributed by atoms with Crippen molar-refractivity contribution in [2.75, 3.05) is 27.9 Å². The maximum Gasteiger partial charge on any atom is 0.338 e. The zero-order chi connectivity index (χ0) is 26.0. The van der Waals surface area contributed by atoms with E-state index in [-0.39, 0.29) is 12.2 Å². The Balaban J connectivity index is 1.95. The Morgan fingerprint density at radius 2 is 1.94 bits per heavy atom. The minimum absolute atomic E-state index is 0.211. The van der Waals surface area contributed by atoms with Gasteiger partial charge in [-0.25, -0.2) is 9.79 Å². The van der Waals surface area contributed by atoms with E-state index in [2.05, 4.69) is 27.6 Å². The Kier molecular flexibility index (Phi) is 7.84. The van der Waals surface area contributed by atoms with Crippen molar-refractivity contribution in [3.05, 3.63) is 82.1 Å². The molecule has 36 heavy (non-hydrogen) atoms. The number of methoxy groups -OCH3 is 3. The van der Waals surface area contributed by atoms with Crippen molar-refractivity contribution in [1.29, 1.82) is 0 Å². The van der Waals surface area contributed by atoms with Gasteiger partial charge in [-0.2, -0.15) is 0 Å². The highest BCUT2D eigenvalue weighted by Gasteiger charge is 2.33. The van der Waals surface area contributed by atoms with E-state index in [1.54, 1.807) is 45.8 Å². The molecule has 10 heteroatoms. The monoisotopic (exact) mass is 620 g/mol. The van der Waals surface area contributed by atoms with E-state index in [9.17, 15) is 9.59 Å². The van der Waals surface area contributed by atoms with Gasteiger partial charge in [-0.15, -0.1) is 0 Å². The number of thiazole rings is 1. The normalized spacial score (nSPS) is 15.3. The third-order valence-corrected chi connectivity index (χ3v) is 7.46. The summed E-state index contributed by atoms with van der Waals surface area (Å²) in [5.74, 6) is 1.31. The summed E-state index contributed by atoms with van der Waals surface area (Å²) in [5.41, 5.74) is 2.08. The van der Waals surface area contributed by atoms with E-state index >= 15 is 0 Å². The third-order valence-electron chi connectivity index (χ3n) is 5.68. The van der Waals surface area contributed by atoms with Crippen molar-refractivity contribution in [2.24, 2.45) is 4.99 Å². The van der Waals surface area contributed by atoms with Crippen molar-refractivity contribution in [3.8, 4) is 17.2 Å². The Morgan fingerprint density at radius 1 is 1.17 bits per heavy atom. The van der Waals surface area contributed by atoms with Crippen LogP contribution in [0.4, 0.5) is 0 Å². The smallest absolute Gasteiger partial charge is 0.338 e. The van der Waals surface area contributed by atoms with Crippen LogP contribution in [0.2, 0.25) is 0 Å². The number of fused-ring (bicyclic) bond motifs is 1. The van der Waals surface area contributed by atoms with Gasteiger partial charge in [-0.3, -0.25) is 9.36 Å². The molecule has 0 radical (unpaired) electrons. The molecule has 1 aliphatic heterocycles. The Morgan fingerprint density at radius 3 is 2.61 bits per heavy atom. The summed E-state index contributed by atoms with van der Waals surface area (Å²) in [4.78, 5) is 31.9. The molecule has 0 N–H and O–H groups in total. The summed E-state index contributed by atoms with van der Waals surface area (Å²) in [6, 6.07) is 10.3. The Hall–Kier alpha value is -3.12. The summed E-state index contributed by atoms with van der Waals surface area (Å²) in [7, 11) is 4.72. The average molecular weight is 620 g/mol. The molecule has 4 rings (SSSR count). The van der Waals surface area contributed by atoms with E-state index in [1.165, 1.54) is 11.3 Å². The van der Waals surface area contributed by atoms with Crippen molar-refractivity contribution in [3.63, 3.8) is 0 Å². The fourth-order valence-electron chi connectivity index (χ4n) is 4.09. The number of nitrogens with zero attached hydrogens (tertiary/aromatic N) is 2. The maximum atomic E-state index is 13.8. The number of hydrogen-bond acceptors (Lipinski definition) is 8. The first-order valence-corrected chi connectivity index (χ1v) is 13.0. The summed E-state index contributed by atoms with van der Waals surface area (Å²) >= 11 is 3.43. The van der Waals surface area contributed by atoms with Gasteiger partial charge < -0.3 is 18.9 Å². The summed E-state index contributed by atoms with van der Waals surface area (Å²) in [6.07, 6.45) is 1.79. The van der Waals surface area contributed by atoms with Crippen molar-refractivity contribution < 1.29 is 23.7 Å². The Labute approximate surface area is 225 Å². The van der Waals surface area contributed by atoms with E-state index in [0.717, 1.165) is 14.7 Å². The fourth-order valence-corrected chi connectivity index (χ4v) is 5.98. The SMILES string of the molecule is CCOC(=O)C1=C(C)N=c2s/c(=C\c3cc(I)c(OC)c(OC)c3)c(=O)n2[C@H]1c1cccc(OC)c1. The molecule has 0 saturated carbocycles. The molecule has 8 nitrogen and oxygen atoms in total. The van der Waals surface area contributed by atoms with Crippen LogP contribution in [0.5, 0.6) is 17.2 Å². The zero-order valence-electron chi connectivity index (χ0n) is 20.5. The van der Waals surface area contributed by atoms with Gasteiger partial charge in [0, 0.05) is 0 Å². The molecular formula is C26H25IN2O6S. The largest absolute Gasteiger partial charge is 0.497 e. The molecule has 0 amide bonds. The molecule has 0 aliphatic carbocycles. The van der Waals surface area contributed by atoms with Gasteiger partial charge in [-0.1, -0.05) is 23.5 Å². The predicted octanol–water partition coefficient (Wildman–Crippen LogP) is 3.43. The molecule has 0 unspecified atom stereocenters. The molecule has 2 aromatic carbocycles. The standard InChI is InChI=1S/C26H25IN2O6S/c1-6-35-25(31)21-14(2)28-26-29(22(21)16-8-7-9-17(13-16)32-3)24(30)20(36-26)12-15-10-18(27)23(34-5)19(11-15)33-4/h7-13,22H,6H2,1-5H3/b20-12-/t22-/m0/s1. The number of rotatable bonds is 7. The lowest BCUT2D eigenvalue weighted by molar-refractivity contribution is -0.139. The highest BCUT2D eigenvalue weighted by Crippen LogP contribution is 2.34. The second kappa shape index (κ2) is 10.9. The van der Waals surface area contributed by atoms with Crippen LogP contribution in [-0.4, -0.2) is 38.5 Å². The molecular weight excluding hydrogens is 595 g/mol. The van der Waals surface area contributed by atoms with Gasteiger partial charge in [0.2, 0.25) is 0 Å². The van der Waals surface area contributed by atoms with Gasteiger partial charge >= 0.3 is 5.97 Å². The molecule has 1 aliphatic rings. The van der Waals surface area contributed by atoms with Crippen LogP contribution in [-0.2, 0) is 9.53 Å². The van der Waals surface area contributed by atoms with Crippen LogP contribution < -0.4 is 29.1 Å². The lowest BCUT2D eigenvalue weighted by atomic mass is 9.95. The second-order valence-corrected chi connectivity index (χ2v) is 9.99. The molecule has 1 aromatic heterocycles. The number of hydrogen-bond donors (Lipinski definition) is 0. The highest BCUT2D eigenvalue weighted by atomic mass is 127. The minimum atomic E-state index is -0.705. The van der Waals surface area contributed by atoms with Gasteiger partial charge in [0.05, 0.1) is 53.4 Å². The minimum Gasteiger partial charge on any atom is -0.497 e. The molecule has 1 atom stereocenters. The van der Waals surface area contributed by atoms with E-state index in [0.29, 0.717) is 37.9 Å². The molecule has 188 valence electrons. The summed E-state index contributed by atoms with van der Waals surface area (Å²) in [5, 5.41) is 0. The van der Waals surface area contributed by atoms with Crippen molar-refractivity contribution in [1.82, 2.24) is 4.57 Å². The van der Waals surface area contributed by atoms with E-state index in [4.69, 9.17) is 18.9 Å². The molecule has 0 spiro atoms. The van der Waals surface area contributed by atoms with Crippen molar-refractivity contribution >= 4 is 46.0 Å². The number of aromatic nitrogens is 1. The van der Waals surface area contributed by atoms with Crippen LogP contribution in [0.1, 0.15) is 31.0 Å². The molecule has 0 saturated heterocycles. The van der Waals surface area contributed by atoms with Crippen LogP contribution in [0.3, 0.4) is 0 Å². The molecule has 0 fully saturated rings. The number of benzene rings is 2. The zero-order valence-corrected chi connectivity index (χ0v) is 23.4. The first kappa shape index (κ1) is 26.0. The Bertz CT molecular complexity index is 1540. The summed E-state index contributed by atoms with van der Waals surface area (Å²) < 4.78 is 24.5. The second-order valence-electron chi connectivity index (χ2n) is 7.82. The number of carbonyl (C=O) groups excluding carboxylic acids is 1. The van der Waals surface area contributed by atoms with E-state index < -0.39 is 12.0 Å². The van der Waals surface area contributed by atoms with Crippen LogP contribution in [0.25, 0.3) is 6.08 Å². The first-order valence-electron chi connectivity index (χ1n) is 11.1. The first-order chi connectivity index (χ1) is 17.3.